The fraction of sp³-hybridized carbons (Fsp3) is 0.600. The van der Waals surface area contributed by atoms with Crippen LogP contribution in [0.25, 0.3) is 0 Å². The zero-order valence-corrected chi connectivity index (χ0v) is 22.0. The van der Waals surface area contributed by atoms with E-state index in [1.807, 2.05) is 0 Å². The molecule has 0 aromatic heterocycles. The van der Waals surface area contributed by atoms with Gasteiger partial charge in [0, 0.05) is 12.1 Å². The molecule has 0 unspecified atom stereocenters. The summed E-state index contributed by atoms with van der Waals surface area (Å²) in [6, 6.07) is 6.13. The van der Waals surface area contributed by atoms with Crippen molar-refractivity contribution >= 4 is 0 Å². The average Bonchev–Trinajstić information content (AvgIpc) is 2.89. The van der Waals surface area contributed by atoms with Crippen LogP contribution in [0, 0.1) is 29.4 Å². The normalized spacial score (nSPS) is 24.4. The summed E-state index contributed by atoms with van der Waals surface area (Å²) in [6.07, 6.45) is 4.25. The van der Waals surface area contributed by atoms with Gasteiger partial charge in [0.2, 0.25) is 5.75 Å². The Hall–Kier alpha value is -2.45. The summed E-state index contributed by atoms with van der Waals surface area (Å²) in [4.78, 5) is 0. The molecule has 2 aliphatic carbocycles. The van der Waals surface area contributed by atoms with Crippen molar-refractivity contribution in [2.24, 2.45) is 17.8 Å². The van der Waals surface area contributed by atoms with E-state index >= 15 is 0 Å². The molecule has 2 aromatic carbocycles. The highest BCUT2D eigenvalue weighted by Crippen LogP contribution is 2.45. The Bertz CT molecular complexity index is 1040. The van der Waals surface area contributed by atoms with Gasteiger partial charge in [0.1, 0.15) is 5.75 Å². The van der Waals surface area contributed by atoms with Crippen LogP contribution in [0.5, 0.6) is 11.5 Å². The lowest BCUT2D eigenvalue weighted by Gasteiger charge is -2.38. The Morgan fingerprint density at radius 2 is 1.28 bits per heavy atom. The predicted molar refractivity (Wildman–Crippen MR) is 134 cm³/mol. The van der Waals surface area contributed by atoms with E-state index in [2.05, 4.69) is 16.4 Å². The summed E-state index contributed by atoms with van der Waals surface area (Å²) in [5, 5.41) is 0. The van der Waals surface area contributed by atoms with Crippen molar-refractivity contribution in [1.29, 1.82) is 0 Å². The van der Waals surface area contributed by atoms with E-state index in [4.69, 9.17) is 0 Å². The largest absolute Gasteiger partial charge is 0.573 e. The van der Waals surface area contributed by atoms with Gasteiger partial charge in [0.15, 0.2) is 11.6 Å². The Balaban J connectivity index is 1.31. The first-order valence-corrected chi connectivity index (χ1v) is 13.9. The molecule has 2 fully saturated rings. The van der Waals surface area contributed by atoms with Gasteiger partial charge in [0.25, 0.3) is 0 Å². The second kappa shape index (κ2) is 12.4. The maximum absolute atomic E-state index is 14.7. The van der Waals surface area contributed by atoms with Gasteiger partial charge in [-0.15, -0.1) is 13.2 Å². The molecule has 0 atom stereocenters. The van der Waals surface area contributed by atoms with Gasteiger partial charge < -0.3 is 9.47 Å². The third kappa shape index (κ3) is 7.82. The summed E-state index contributed by atoms with van der Waals surface area (Å²) in [5.41, 5.74) is 0.429. The van der Waals surface area contributed by atoms with Crippen LogP contribution < -0.4 is 9.47 Å². The number of ether oxygens (including phenoxy) is 2. The van der Waals surface area contributed by atoms with Crippen molar-refractivity contribution in [1.82, 2.24) is 0 Å². The van der Waals surface area contributed by atoms with Crippen molar-refractivity contribution in [3.05, 3.63) is 59.2 Å². The van der Waals surface area contributed by atoms with E-state index in [0.717, 1.165) is 49.0 Å². The quantitative estimate of drug-likeness (QED) is 0.284. The molecule has 9 heteroatoms. The van der Waals surface area contributed by atoms with Gasteiger partial charge in [-0.05, 0) is 79.9 Å². The average molecular weight is 561 g/mol. The van der Waals surface area contributed by atoms with E-state index < -0.39 is 41.2 Å². The molecule has 0 amide bonds. The SMILES string of the molecule is CCCCC1CCC(C2CCC(c3ccc(C(F)(F)Oc4cc(F)c(OC(F)(F)F)c(F)c4)cc3)CC2)CC1. The van der Waals surface area contributed by atoms with Crippen molar-refractivity contribution in [3.63, 3.8) is 0 Å². The summed E-state index contributed by atoms with van der Waals surface area (Å²) in [7, 11) is 0. The van der Waals surface area contributed by atoms with Gasteiger partial charge in [-0.1, -0.05) is 51.2 Å². The highest BCUT2D eigenvalue weighted by Gasteiger charge is 2.38. The lowest BCUT2D eigenvalue weighted by Crippen LogP contribution is -2.25. The smallest absolute Gasteiger partial charge is 0.429 e. The van der Waals surface area contributed by atoms with E-state index in [9.17, 15) is 30.7 Å². The van der Waals surface area contributed by atoms with Crippen LogP contribution >= 0.6 is 0 Å². The van der Waals surface area contributed by atoms with Crippen molar-refractivity contribution in [3.8, 4) is 11.5 Å². The Labute approximate surface area is 224 Å². The maximum atomic E-state index is 14.7. The van der Waals surface area contributed by atoms with Gasteiger partial charge in [-0.2, -0.15) is 8.78 Å². The van der Waals surface area contributed by atoms with Crippen LogP contribution in [0.2, 0.25) is 0 Å². The number of hydrogen-bond donors (Lipinski definition) is 0. The van der Waals surface area contributed by atoms with Crippen molar-refractivity contribution in [2.45, 2.75) is 95.9 Å². The minimum atomic E-state index is -5.34. The number of hydrogen-bond acceptors (Lipinski definition) is 2. The van der Waals surface area contributed by atoms with Gasteiger partial charge in [-0.3, -0.25) is 0 Å². The van der Waals surface area contributed by atoms with E-state index in [-0.39, 0.29) is 18.1 Å². The van der Waals surface area contributed by atoms with Crippen molar-refractivity contribution in [2.75, 3.05) is 0 Å². The number of alkyl halides is 5. The molecule has 2 aliphatic rings. The molecular formula is C30H35F7O2. The number of rotatable bonds is 9. The monoisotopic (exact) mass is 560 g/mol. The highest BCUT2D eigenvalue weighted by atomic mass is 19.4. The molecule has 4 rings (SSSR count). The molecular weight excluding hydrogens is 525 g/mol. The minimum Gasteiger partial charge on any atom is -0.429 e. The molecule has 0 bridgehead atoms. The zero-order valence-electron chi connectivity index (χ0n) is 22.0. The number of benzene rings is 2. The summed E-state index contributed by atoms with van der Waals surface area (Å²) in [6.45, 7) is 2.24. The Kier molecular flexibility index (Phi) is 9.37. The van der Waals surface area contributed by atoms with E-state index in [1.54, 1.807) is 12.1 Å². The topological polar surface area (TPSA) is 18.5 Å². The van der Waals surface area contributed by atoms with E-state index in [1.165, 1.54) is 57.1 Å². The first kappa shape index (κ1) is 29.5. The molecule has 216 valence electrons. The van der Waals surface area contributed by atoms with Crippen LogP contribution in [0.3, 0.4) is 0 Å². The predicted octanol–water partition coefficient (Wildman–Crippen LogP) is 10.3. The number of unbranched alkanes of at least 4 members (excludes halogenated alkanes) is 1. The summed E-state index contributed by atoms with van der Waals surface area (Å²) in [5.74, 6) is -3.62. The summed E-state index contributed by atoms with van der Waals surface area (Å²) >= 11 is 0. The maximum Gasteiger partial charge on any atom is 0.573 e. The second-order valence-corrected chi connectivity index (χ2v) is 11.0. The molecule has 2 aromatic rings. The van der Waals surface area contributed by atoms with E-state index in [0.29, 0.717) is 0 Å². The van der Waals surface area contributed by atoms with Crippen LogP contribution in [0.15, 0.2) is 36.4 Å². The summed E-state index contributed by atoms with van der Waals surface area (Å²) < 4.78 is 102. The van der Waals surface area contributed by atoms with Crippen LogP contribution in [0.4, 0.5) is 30.7 Å². The second-order valence-electron chi connectivity index (χ2n) is 11.0. The molecule has 0 saturated heterocycles. The van der Waals surface area contributed by atoms with Crippen LogP contribution in [-0.2, 0) is 6.11 Å². The lowest BCUT2D eigenvalue weighted by molar-refractivity contribution is -0.276. The van der Waals surface area contributed by atoms with Crippen molar-refractivity contribution < 1.29 is 40.2 Å². The van der Waals surface area contributed by atoms with Gasteiger partial charge in [0.05, 0.1) is 5.56 Å². The van der Waals surface area contributed by atoms with Crippen LogP contribution in [0.1, 0.15) is 94.6 Å². The molecule has 0 N–H and O–H groups in total. The third-order valence-corrected chi connectivity index (χ3v) is 8.45. The lowest BCUT2D eigenvalue weighted by atomic mass is 9.68. The first-order chi connectivity index (χ1) is 18.4. The first-order valence-electron chi connectivity index (χ1n) is 13.9. The molecule has 39 heavy (non-hydrogen) atoms. The Morgan fingerprint density at radius 1 is 0.744 bits per heavy atom. The third-order valence-electron chi connectivity index (χ3n) is 8.45. The highest BCUT2D eigenvalue weighted by molar-refractivity contribution is 5.36. The molecule has 0 aliphatic heterocycles. The molecule has 0 radical (unpaired) electrons. The molecule has 2 saturated carbocycles. The van der Waals surface area contributed by atoms with Crippen LogP contribution in [-0.4, -0.2) is 6.36 Å². The van der Waals surface area contributed by atoms with Gasteiger partial charge >= 0.3 is 12.5 Å². The fourth-order valence-electron chi connectivity index (χ4n) is 6.33. The number of halogens is 7. The minimum absolute atomic E-state index is 0.225. The standard InChI is InChI=1S/C30H35F7O2/c1-2-3-4-19-5-7-20(8-6-19)21-9-11-22(12-10-21)23-13-15-24(16-14-23)29(33,34)38-25-17-26(31)28(27(32)18-25)39-30(35,36)37/h13-22H,2-12H2,1H3. The zero-order chi connectivity index (χ0) is 28.2. The molecule has 2 nitrogen and oxygen atoms in total. The fourth-order valence-corrected chi connectivity index (χ4v) is 6.33. The Morgan fingerprint density at radius 3 is 1.79 bits per heavy atom. The molecule has 0 heterocycles. The molecule has 0 spiro atoms. The van der Waals surface area contributed by atoms with Gasteiger partial charge in [-0.25, -0.2) is 8.78 Å².